The summed E-state index contributed by atoms with van der Waals surface area (Å²) in [6.07, 6.45) is 0.645. The molecule has 1 atom stereocenters. The second-order valence-corrected chi connectivity index (χ2v) is 8.03. The molecule has 0 aliphatic heterocycles. The SMILES string of the molecule is COc1ccc(OC)c(-c2c(OC)ccc(C3(O)C(=O)c4cc(C)cc(OC)c43)c2OC)c1C=O. The van der Waals surface area contributed by atoms with Gasteiger partial charge in [-0.3, -0.25) is 9.59 Å². The summed E-state index contributed by atoms with van der Waals surface area (Å²) in [7, 11) is 7.27. The fraction of sp³-hybridized carbons (Fsp3) is 0.259. The molecule has 1 unspecified atom stereocenters. The Bertz CT molecular complexity index is 1340. The minimum atomic E-state index is -2.03. The van der Waals surface area contributed by atoms with Gasteiger partial charge in [-0.15, -0.1) is 0 Å². The Balaban J connectivity index is 2.10. The number of aliphatic hydroxyl groups is 1. The van der Waals surface area contributed by atoms with Crippen LogP contribution in [0.3, 0.4) is 0 Å². The first-order chi connectivity index (χ1) is 16.8. The summed E-state index contributed by atoms with van der Waals surface area (Å²) < 4.78 is 27.8. The quantitative estimate of drug-likeness (QED) is 0.486. The maximum atomic E-state index is 13.3. The van der Waals surface area contributed by atoms with Crippen LogP contribution in [-0.4, -0.2) is 52.7 Å². The molecule has 0 fully saturated rings. The van der Waals surface area contributed by atoms with Crippen LogP contribution in [0.5, 0.6) is 28.7 Å². The number of fused-ring (bicyclic) bond motifs is 1. The number of carbonyl (C=O) groups is 2. The number of rotatable bonds is 8. The zero-order valence-corrected chi connectivity index (χ0v) is 20.3. The van der Waals surface area contributed by atoms with Gasteiger partial charge in [-0.2, -0.15) is 0 Å². The molecule has 0 radical (unpaired) electrons. The van der Waals surface area contributed by atoms with Gasteiger partial charge >= 0.3 is 0 Å². The van der Waals surface area contributed by atoms with Crippen LogP contribution in [0.2, 0.25) is 0 Å². The van der Waals surface area contributed by atoms with Crippen LogP contribution in [0.1, 0.15) is 37.4 Å². The molecule has 1 aliphatic carbocycles. The van der Waals surface area contributed by atoms with Gasteiger partial charge in [0, 0.05) is 22.3 Å². The number of Topliss-reactive ketones (excluding diaryl/α,β-unsaturated/α-hetero) is 1. The summed E-state index contributed by atoms with van der Waals surface area (Å²) in [5.41, 5.74) is 0.548. The van der Waals surface area contributed by atoms with E-state index in [-0.39, 0.29) is 16.9 Å². The minimum Gasteiger partial charge on any atom is -0.496 e. The van der Waals surface area contributed by atoms with Crippen molar-refractivity contribution in [1.29, 1.82) is 0 Å². The molecule has 182 valence electrons. The molecule has 1 N–H and O–H groups in total. The molecule has 0 saturated heterocycles. The molecular weight excluding hydrogens is 452 g/mol. The normalized spacial score (nSPS) is 16.1. The number of methoxy groups -OCH3 is 5. The number of ketones is 1. The van der Waals surface area contributed by atoms with Crippen LogP contribution in [0.4, 0.5) is 0 Å². The summed E-state index contributed by atoms with van der Waals surface area (Å²) in [4.78, 5) is 25.5. The molecule has 1 aliphatic rings. The Morgan fingerprint density at radius 3 is 1.91 bits per heavy atom. The highest BCUT2D eigenvalue weighted by molar-refractivity contribution is 6.16. The van der Waals surface area contributed by atoms with Gasteiger partial charge in [0.1, 0.15) is 28.7 Å². The highest BCUT2D eigenvalue weighted by Crippen LogP contribution is 2.56. The molecule has 0 aromatic heterocycles. The van der Waals surface area contributed by atoms with E-state index < -0.39 is 11.4 Å². The lowest BCUT2D eigenvalue weighted by atomic mass is 9.66. The summed E-state index contributed by atoms with van der Waals surface area (Å²) >= 11 is 0. The van der Waals surface area contributed by atoms with Gasteiger partial charge in [0.05, 0.1) is 46.7 Å². The lowest BCUT2D eigenvalue weighted by molar-refractivity contribution is 0.0353. The maximum absolute atomic E-state index is 13.3. The summed E-state index contributed by atoms with van der Waals surface area (Å²) in [6, 6.07) is 9.89. The van der Waals surface area contributed by atoms with Crippen molar-refractivity contribution in [1.82, 2.24) is 0 Å². The molecule has 3 aromatic carbocycles. The second kappa shape index (κ2) is 8.96. The molecule has 3 aromatic rings. The van der Waals surface area contributed by atoms with Gasteiger partial charge in [-0.25, -0.2) is 0 Å². The smallest absolute Gasteiger partial charge is 0.204 e. The highest BCUT2D eigenvalue weighted by atomic mass is 16.5. The lowest BCUT2D eigenvalue weighted by Gasteiger charge is -2.40. The van der Waals surface area contributed by atoms with E-state index >= 15 is 0 Å². The Kier molecular flexibility index (Phi) is 6.17. The fourth-order valence-corrected chi connectivity index (χ4v) is 4.74. The number of ether oxygens (including phenoxy) is 5. The Hall–Kier alpha value is -4.04. The summed E-state index contributed by atoms with van der Waals surface area (Å²) in [6.45, 7) is 1.84. The molecule has 0 spiro atoms. The third-order valence-corrected chi connectivity index (χ3v) is 6.31. The maximum Gasteiger partial charge on any atom is 0.204 e. The molecular formula is C27H26O8. The number of benzene rings is 3. The van der Waals surface area contributed by atoms with Gasteiger partial charge in [-0.05, 0) is 48.9 Å². The number of aldehydes is 1. The van der Waals surface area contributed by atoms with E-state index in [2.05, 4.69) is 0 Å². The standard InChI is InChI=1S/C27H26O8/c1-14-11-15-24(21(12-14)34-5)27(30,26(15)29)17-7-8-20(33-4)23(25(17)35-6)22-16(13-28)18(31-2)9-10-19(22)32-3/h7-13,30H,1-6H3. The van der Waals surface area contributed by atoms with Crippen LogP contribution in [0.15, 0.2) is 36.4 Å². The molecule has 0 heterocycles. The summed E-state index contributed by atoms with van der Waals surface area (Å²) in [5.74, 6) is 1.04. The van der Waals surface area contributed by atoms with Crippen molar-refractivity contribution in [3.8, 4) is 39.9 Å². The predicted molar refractivity (Wildman–Crippen MR) is 129 cm³/mol. The van der Waals surface area contributed by atoms with Crippen LogP contribution in [0, 0.1) is 6.92 Å². The number of aryl methyl sites for hydroxylation is 1. The van der Waals surface area contributed by atoms with Crippen LogP contribution in [-0.2, 0) is 5.60 Å². The first-order valence-electron chi connectivity index (χ1n) is 10.7. The number of hydrogen-bond acceptors (Lipinski definition) is 8. The average molecular weight is 478 g/mol. The first-order valence-corrected chi connectivity index (χ1v) is 10.7. The molecule has 8 nitrogen and oxygen atoms in total. The largest absolute Gasteiger partial charge is 0.496 e. The average Bonchev–Trinajstić information content (AvgIpc) is 2.89. The minimum absolute atomic E-state index is 0.142. The van der Waals surface area contributed by atoms with Gasteiger partial charge < -0.3 is 28.8 Å². The topological polar surface area (TPSA) is 101 Å². The summed E-state index contributed by atoms with van der Waals surface area (Å²) in [5, 5.41) is 11.8. The van der Waals surface area contributed by atoms with Crippen molar-refractivity contribution in [3.05, 3.63) is 64.2 Å². The van der Waals surface area contributed by atoms with E-state index in [1.165, 1.54) is 35.5 Å². The predicted octanol–water partition coefficient (Wildman–Crippen LogP) is 3.95. The Labute approximate surface area is 203 Å². The number of carbonyl (C=O) groups excluding carboxylic acids is 2. The van der Waals surface area contributed by atoms with Crippen LogP contribution in [0.25, 0.3) is 11.1 Å². The highest BCUT2D eigenvalue weighted by Gasteiger charge is 2.56. The van der Waals surface area contributed by atoms with Gasteiger partial charge in [0.15, 0.2) is 11.9 Å². The lowest BCUT2D eigenvalue weighted by Crippen LogP contribution is -2.47. The monoisotopic (exact) mass is 478 g/mol. The van der Waals surface area contributed by atoms with Crippen molar-refractivity contribution >= 4 is 12.1 Å². The van der Waals surface area contributed by atoms with Crippen molar-refractivity contribution in [3.63, 3.8) is 0 Å². The van der Waals surface area contributed by atoms with E-state index in [0.717, 1.165) is 5.56 Å². The molecule has 8 heteroatoms. The molecule has 4 rings (SSSR count). The molecule has 0 amide bonds. The van der Waals surface area contributed by atoms with E-state index in [9.17, 15) is 14.7 Å². The van der Waals surface area contributed by atoms with E-state index in [4.69, 9.17) is 23.7 Å². The van der Waals surface area contributed by atoms with Gasteiger partial charge in [0.25, 0.3) is 0 Å². The molecule has 0 saturated carbocycles. The fourth-order valence-electron chi connectivity index (χ4n) is 4.74. The van der Waals surface area contributed by atoms with Crippen LogP contribution >= 0.6 is 0 Å². The van der Waals surface area contributed by atoms with Crippen LogP contribution < -0.4 is 23.7 Å². The van der Waals surface area contributed by atoms with Crippen molar-refractivity contribution < 1.29 is 38.4 Å². The third kappa shape index (κ3) is 3.32. The first kappa shape index (κ1) is 24.1. The van der Waals surface area contributed by atoms with Crippen molar-refractivity contribution in [2.45, 2.75) is 12.5 Å². The Morgan fingerprint density at radius 2 is 1.34 bits per heavy atom. The van der Waals surface area contributed by atoms with Gasteiger partial charge in [-0.1, -0.05) is 0 Å². The third-order valence-electron chi connectivity index (χ3n) is 6.31. The number of hydrogen-bond donors (Lipinski definition) is 1. The zero-order valence-electron chi connectivity index (χ0n) is 20.3. The molecule has 0 bridgehead atoms. The Morgan fingerprint density at radius 1 is 0.771 bits per heavy atom. The second-order valence-electron chi connectivity index (χ2n) is 8.03. The molecule has 35 heavy (non-hydrogen) atoms. The van der Waals surface area contributed by atoms with E-state index in [1.807, 2.05) is 6.92 Å². The van der Waals surface area contributed by atoms with Gasteiger partial charge in [0.2, 0.25) is 5.78 Å². The van der Waals surface area contributed by atoms with E-state index in [0.29, 0.717) is 51.5 Å². The zero-order chi connectivity index (χ0) is 25.5. The van der Waals surface area contributed by atoms with E-state index in [1.54, 1.807) is 36.4 Å². The van der Waals surface area contributed by atoms with Crippen molar-refractivity contribution in [2.75, 3.05) is 35.5 Å². The van der Waals surface area contributed by atoms with Crippen molar-refractivity contribution in [2.24, 2.45) is 0 Å².